The first-order chi connectivity index (χ1) is 7.29. The Bertz CT molecular complexity index is 341. The normalized spacial score (nSPS) is 16.8. The summed E-state index contributed by atoms with van der Waals surface area (Å²) in [6.45, 7) is 3.94. The number of halogens is 1. The predicted octanol–water partition coefficient (Wildman–Crippen LogP) is 1.26. The molecular weight excluding hydrogens is 232 g/mol. The van der Waals surface area contributed by atoms with E-state index in [1.165, 1.54) is 11.8 Å². The summed E-state index contributed by atoms with van der Waals surface area (Å²) in [6, 6.07) is 1.83. The van der Waals surface area contributed by atoms with Crippen molar-refractivity contribution < 1.29 is 0 Å². The lowest BCUT2D eigenvalue weighted by atomic mass is 10.3. The average Bonchev–Trinajstić information content (AvgIpc) is 2.29. The molecule has 0 aromatic carbocycles. The minimum absolute atomic E-state index is 0.517. The SMILES string of the molecule is CSc1nc(Cl)cc(N2CCNCC2)n1. The monoisotopic (exact) mass is 244 g/mol. The van der Waals surface area contributed by atoms with Crippen molar-refractivity contribution in [2.45, 2.75) is 5.16 Å². The molecule has 2 heterocycles. The van der Waals surface area contributed by atoms with Crippen LogP contribution < -0.4 is 10.2 Å². The van der Waals surface area contributed by atoms with Crippen molar-refractivity contribution >= 4 is 29.2 Å². The fourth-order valence-electron chi connectivity index (χ4n) is 1.53. The average molecular weight is 245 g/mol. The van der Waals surface area contributed by atoms with E-state index >= 15 is 0 Å². The molecule has 0 atom stereocenters. The molecule has 6 heteroatoms. The number of hydrogen-bond acceptors (Lipinski definition) is 5. The molecule has 15 heavy (non-hydrogen) atoms. The summed E-state index contributed by atoms with van der Waals surface area (Å²) in [5.41, 5.74) is 0. The van der Waals surface area contributed by atoms with Crippen molar-refractivity contribution in [2.75, 3.05) is 37.3 Å². The van der Waals surface area contributed by atoms with Gasteiger partial charge in [0, 0.05) is 32.2 Å². The Morgan fingerprint density at radius 3 is 2.80 bits per heavy atom. The van der Waals surface area contributed by atoms with Gasteiger partial charge in [0.15, 0.2) is 5.16 Å². The zero-order valence-corrected chi connectivity index (χ0v) is 10.1. The van der Waals surface area contributed by atoms with E-state index < -0.39 is 0 Å². The lowest BCUT2D eigenvalue weighted by molar-refractivity contribution is 0.582. The second-order valence-corrected chi connectivity index (χ2v) is 4.43. The van der Waals surface area contributed by atoms with Crippen LogP contribution in [-0.2, 0) is 0 Å². The summed E-state index contributed by atoms with van der Waals surface area (Å²) in [4.78, 5) is 10.8. The topological polar surface area (TPSA) is 41.1 Å². The van der Waals surface area contributed by atoms with E-state index in [0.717, 1.165) is 37.2 Å². The fourth-order valence-corrected chi connectivity index (χ4v) is 2.13. The second-order valence-electron chi connectivity index (χ2n) is 3.27. The van der Waals surface area contributed by atoms with E-state index in [9.17, 15) is 0 Å². The van der Waals surface area contributed by atoms with Gasteiger partial charge in [0.25, 0.3) is 0 Å². The van der Waals surface area contributed by atoms with Gasteiger partial charge in [-0.3, -0.25) is 0 Å². The maximum Gasteiger partial charge on any atom is 0.190 e. The number of anilines is 1. The molecule has 0 bridgehead atoms. The Balaban J connectivity index is 2.22. The molecule has 0 unspecified atom stereocenters. The number of aromatic nitrogens is 2. The maximum atomic E-state index is 5.94. The van der Waals surface area contributed by atoms with E-state index in [1.54, 1.807) is 0 Å². The smallest absolute Gasteiger partial charge is 0.190 e. The number of hydrogen-bond donors (Lipinski definition) is 1. The van der Waals surface area contributed by atoms with Crippen LogP contribution in [0.5, 0.6) is 0 Å². The van der Waals surface area contributed by atoms with E-state index in [2.05, 4.69) is 20.2 Å². The fraction of sp³-hybridized carbons (Fsp3) is 0.556. The Hall–Kier alpha value is -0.520. The van der Waals surface area contributed by atoms with Crippen LogP contribution in [0.25, 0.3) is 0 Å². The molecule has 0 radical (unpaired) electrons. The first-order valence-corrected chi connectivity index (χ1v) is 6.44. The van der Waals surface area contributed by atoms with E-state index in [0.29, 0.717) is 5.15 Å². The highest BCUT2D eigenvalue weighted by atomic mass is 35.5. The Labute approximate surface area is 98.4 Å². The van der Waals surface area contributed by atoms with Crippen LogP contribution >= 0.6 is 23.4 Å². The number of nitrogens with one attached hydrogen (secondary N) is 1. The molecule has 4 nitrogen and oxygen atoms in total. The summed E-state index contributed by atoms with van der Waals surface area (Å²) in [7, 11) is 0. The molecule has 1 aliphatic heterocycles. The van der Waals surface area contributed by atoms with Gasteiger partial charge in [-0.05, 0) is 6.26 Å². The molecule has 1 aromatic rings. The van der Waals surface area contributed by atoms with Crippen molar-refractivity contribution in [2.24, 2.45) is 0 Å². The highest BCUT2D eigenvalue weighted by molar-refractivity contribution is 7.98. The van der Waals surface area contributed by atoms with Crippen LogP contribution in [0.4, 0.5) is 5.82 Å². The van der Waals surface area contributed by atoms with Crippen molar-refractivity contribution in [3.8, 4) is 0 Å². The van der Waals surface area contributed by atoms with Gasteiger partial charge in [-0.2, -0.15) is 0 Å². The summed E-state index contributed by atoms with van der Waals surface area (Å²) < 4.78 is 0. The van der Waals surface area contributed by atoms with Crippen molar-refractivity contribution in [1.29, 1.82) is 0 Å². The van der Waals surface area contributed by atoms with Crippen LogP contribution in [-0.4, -0.2) is 42.4 Å². The lowest BCUT2D eigenvalue weighted by Crippen LogP contribution is -2.43. The predicted molar refractivity (Wildman–Crippen MR) is 63.9 cm³/mol. The van der Waals surface area contributed by atoms with Crippen molar-refractivity contribution in [3.05, 3.63) is 11.2 Å². The van der Waals surface area contributed by atoms with E-state index in [1.807, 2.05) is 12.3 Å². The van der Waals surface area contributed by atoms with E-state index in [-0.39, 0.29) is 0 Å². The molecule has 82 valence electrons. The molecular formula is C9H13ClN4S. The summed E-state index contributed by atoms with van der Waals surface area (Å²) >= 11 is 7.45. The van der Waals surface area contributed by atoms with Gasteiger partial charge < -0.3 is 10.2 Å². The minimum Gasteiger partial charge on any atom is -0.354 e. The van der Waals surface area contributed by atoms with Gasteiger partial charge in [0.1, 0.15) is 11.0 Å². The molecule has 0 amide bonds. The third-order valence-corrected chi connectivity index (χ3v) is 3.03. The molecule has 1 fully saturated rings. The summed E-state index contributed by atoms with van der Waals surface area (Å²) in [6.07, 6.45) is 1.95. The molecule has 2 rings (SSSR count). The lowest BCUT2D eigenvalue weighted by Gasteiger charge is -2.28. The largest absolute Gasteiger partial charge is 0.354 e. The van der Waals surface area contributed by atoms with Crippen LogP contribution in [0.3, 0.4) is 0 Å². The summed E-state index contributed by atoms with van der Waals surface area (Å²) in [5, 5.41) is 4.55. The zero-order chi connectivity index (χ0) is 10.7. The quantitative estimate of drug-likeness (QED) is 0.482. The first-order valence-electron chi connectivity index (χ1n) is 4.84. The van der Waals surface area contributed by atoms with Gasteiger partial charge in [-0.15, -0.1) is 0 Å². The summed E-state index contributed by atoms with van der Waals surface area (Å²) in [5.74, 6) is 0.931. The molecule has 0 spiro atoms. The molecule has 1 aliphatic rings. The van der Waals surface area contributed by atoms with Crippen LogP contribution in [0, 0.1) is 0 Å². The Morgan fingerprint density at radius 2 is 2.13 bits per heavy atom. The standard InChI is InChI=1S/C9H13ClN4S/c1-15-9-12-7(10)6-8(13-9)14-4-2-11-3-5-14/h6,11H,2-5H2,1H3. The van der Waals surface area contributed by atoms with Crippen LogP contribution in [0.2, 0.25) is 5.15 Å². The third kappa shape index (κ3) is 2.74. The van der Waals surface area contributed by atoms with Gasteiger partial charge in [-0.25, -0.2) is 9.97 Å². The van der Waals surface area contributed by atoms with Crippen molar-refractivity contribution in [3.63, 3.8) is 0 Å². The zero-order valence-electron chi connectivity index (χ0n) is 8.53. The van der Waals surface area contributed by atoms with Crippen molar-refractivity contribution in [1.82, 2.24) is 15.3 Å². The molecule has 1 aromatic heterocycles. The Morgan fingerprint density at radius 1 is 1.40 bits per heavy atom. The molecule has 0 saturated carbocycles. The van der Waals surface area contributed by atoms with Crippen LogP contribution in [0.15, 0.2) is 11.2 Å². The van der Waals surface area contributed by atoms with Gasteiger partial charge >= 0.3 is 0 Å². The first kappa shape index (κ1) is 11.0. The van der Waals surface area contributed by atoms with Gasteiger partial charge in [-0.1, -0.05) is 23.4 Å². The van der Waals surface area contributed by atoms with E-state index in [4.69, 9.17) is 11.6 Å². The number of piperazine rings is 1. The highest BCUT2D eigenvalue weighted by Crippen LogP contribution is 2.20. The molecule has 0 aliphatic carbocycles. The highest BCUT2D eigenvalue weighted by Gasteiger charge is 2.13. The molecule has 1 saturated heterocycles. The number of nitrogens with zero attached hydrogens (tertiary/aromatic N) is 3. The van der Waals surface area contributed by atoms with Gasteiger partial charge in [0.2, 0.25) is 0 Å². The maximum absolute atomic E-state index is 5.94. The van der Waals surface area contributed by atoms with Crippen LogP contribution in [0.1, 0.15) is 0 Å². The minimum atomic E-state index is 0.517. The second kappa shape index (κ2) is 5.01. The number of rotatable bonds is 2. The third-order valence-electron chi connectivity index (χ3n) is 2.28. The van der Waals surface area contributed by atoms with Gasteiger partial charge in [0.05, 0.1) is 0 Å². The number of thioether (sulfide) groups is 1. The molecule has 1 N–H and O–H groups in total. The Kier molecular flexibility index (Phi) is 3.66.